The molecular formula is C13H16FNO3. The van der Waals surface area contributed by atoms with Gasteiger partial charge in [-0.1, -0.05) is 0 Å². The molecule has 1 rings (SSSR count). The number of carboxylic acid groups (broad SMARTS) is 1. The lowest BCUT2D eigenvalue weighted by atomic mass is 9.99. The van der Waals surface area contributed by atoms with Crippen LogP contribution in [0.1, 0.15) is 28.8 Å². The predicted octanol–water partition coefficient (Wildman–Crippen LogP) is 1.77. The molecule has 1 aromatic carbocycles. The van der Waals surface area contributed by atoms with Gasteiger partial charge in [-0.2, -0.15) is 0 Å². The largest absolute Gasteiger partial charge is 0.481 e. The molecule has 4 nitrogen and oxygen atoms in total. The monoisotopic (exact) mass is 253 g/mol. The third-order valence-corrected chi connectivity index (χ3v) is 2.75. The molecule has 0 aliphatic rings. The van der Waals surface area contributed by atoms with Gasteiger partial charge < -0.3 is 10.4 Å². The molecule has 0 saturated heterocycles. The smallest absolute Gasteiger partial charge is 0.303 e. The lowest BCUT2D eigenvalue weighted by Gasteiger charge is -2.14. The molecule has 1 aromatic rings. The molecule has 2 N–H and O–H groups in total. The number of Topliss-reactive ketones (excluding diaryl/α,β-unsaturated/α-hetero) is 1. The maximum atomic E-state index is 13.1. The van der Waals surface area contributed by atoms with Crippen LogP contribution in [0.3, 0.4) is 0 Å². The summed E-state index contributed by atoms with van der Waals surface area (Å²) in [4.78, 5) is 22.6. The van der Waals surface area contributed by atoms with E-state index in [9.17, 15) is 14.0 Å². The van der Waals surface area contributed by atoms with E-state index >= 15 is 0 Å². The van der Waals surface area contributed by atoms with Crippen LogP contribution in [0, 0.1) is 12.7 Å². The fourth-order valence-electron chi connectivity index (χ4n) is 1.67. The predicted molar refractivity (Wildman–Crippen MR) is 65.2 cm³/mol. The van der Waals surface area contributed by atoms with E-state index in [1.54, 1.807) is 14.0 Å². The van der Waals surface area contributed by atoms with Crippen LogP contribution < -0.4 is 5.32 Å². The second-order valence-corrected chi connectivity index (χ2v) is 4.10. The van der Waals surface area contributed by atoms with E-state index < -0.39 is 12.0 Å². The molecule has 5 heteroatoms. The Morgan fingerprint density at radius 2 is 2.11 bits per heavy atom. The number of halogens is 1. The second kappa shape index (κ2) is 6.26. The topological polar surface area (TPSA) is 66.4 Å². The normalized spacial score (nSPS) is 12.2. The van der Waals surface area contributed by atoms with Gasteiger partial charge in [0, 0.05) is 12.0 Å². The molecule has 0 saturated carbocycles. The van der Waals surface area contributed by atoms with Crippen molar-refractivity contribution in [2.45, 2.75) is 25.8 Å². The lowest BCUT2D eigenvalue weighted by molar-refractivity contribution is -0.137. The summed E-state index contributed by atoms with van der Waals surface area (Å²) in [5, 5.41) is 11.4. The first kappa shape index (κ1) is 14.3. The van der Waals surface area contributed by atoms with Gasteiger partial charge >= 0.3 is 5.97 Å². The Bertz CT molecular complexity index is 460. The molecule has 0 radical (unpaired) electrons. The molecule has 0 aliphatic heterocycles. The number of carboxylic acids is 1. The number of hydrogen-bond acceptors (Lipinski definition) is 3. The molecule has 0 aromatic heterocycles. The highest BCUT2D eigenvalue weighted by molar-refractivity contribution is 6.00. The molecule has 0 spiro atoms. The lowest BCUT2D eigenvalue weighted by Crippen LogP contribution is -2.34. The number of likely N-dealkylation sites (N-methyl/N-ethyl adjacent to an activating group) is 1. The summed E-state index contributed by atoms with van der Waals surface area (Å²) in [7, 11) is 1.60. The van der Waals surface area contributed by atoms with Crippen molar-refractivity contribution in [3.05, 3.63) is 35.1 Å². The van der Waals surface area contributed by atoms with Crippen molar-refractivity contribution in [2.24, 2.45) is 0 Å². The molecular weight excluding hydrogens is 237 g/mol. The fraction of sp³-hybridized carbons (Fsp3) is 0.385. The first-order valence-electron chi connectivity index (χ1n) is 5.65. The maximum Gasteiger partial charge on any atom is 0.303 e. The average molecular weight is 253 g/mol. The van der Waals surface area contributed by atoms with E-state index in [2.05, 4.69) is 5.32 Å². The van der Waals surface area contributed by atoms with Crippen molar-refractivity contribution in [1.29, 1.82) is 0 Å². The number of benzene rings is 1. The molecule has 0 fully saturated rings. The minimum Gasteiger partial charge on any atom is -0.481 e. The third kappa shape index (κ3) is 3.63. The van der Waals surface area contributed by atoms with Crippen molar-refractivity contribution >= 4 is 11.8 Å². The highest BCUT2D eigenvalue weighted by Crippen LogP contribution is 2.13. The van der Waals surface area contributed by atoms with Crippen LogP contribution in [0.2, 0.25) is 0 Å². The number of aryl methyl sites for hydroxylation is 1. The summed E-state index contributed by atoms with van der Waals surface area (Å²) in [5.74, 6) is -1.53. The van der Waals surface area contributed by atoms with Gasteiger partial charge in [0.1, 0.15) is 5.82 Å². The van der Waals surface area contributed by atoms with Gasteiger partial charge in [-0.3, -0.25) is 9.59 Å². The molecule has 0 amide bonds. The van der Waals surface area contributed by atoms with Gasteiger partial charge in [-0.05, 0) is 44.2 Å². The van der Waals surface area contributed by atoms with Crippen LogP contribution in [-0.2, 0) is 4.79 Å². The Labute approximate surface area is 105 Å². The molecule has 0 bridgehead atoms. The molecule has 1 atom stereocenters. The Hall–Kier alpha value is -1.75. The van der Waals surface area contributed by atoms with Gasteiger partial charge in [0.15, 0.2) is 5.78 Å². The van der Waals surface area contributed by atoms with E-state index in [1.807, 2.05) is 0 Å². The van der Waals surface area contributed by atoms with E-state index in [4.69, 9.17) is 5.11 Å². The molecule has 18 heavy (non-hydrogen) atoms. The first-order valence-corrected chi connectivity index (χ1v) is 5.65. The Morgan fingerprint density at radius 1 is 1.44 bits per heavy atom. The summed E-state index contributed by atoms with van der Waals surface area (Å²) in [6.45, 7) is 1.58. The summed E-state index contributed by atoms with van der Waals surface area (Å²) < 4.78 is 13.1. The first-order chi connectivity index (χ1) is 8.45. The number of aliphatic carboxylic acids is 1. The van der Waals surface area contributed by atoms with Crippen molar-refractivity contribution in [3.63, 3.8) is 0 Å². The molecule has 0 heterocycles. The fourth-order valence-corrected chi connectivity index (χ4v) is 1.67. The van der Waals surface area contributed by atoms with Crippen molar-refractivity contribution in [3.8, 4) is 0 Å². The van der Waals surface area contributed by atoms with Crippen molar-refractivity contribution in [2.75, 3.05) is 7.05 Å². The number of rotatable bonds is 6. The van der Waals surface area contributed by atoms with Crippen LogP contribution in [0.15, 0.2) is 18.2 Å². The number of nitrogens with one attached hydrogen (secondary N) is 1. The van der Waals surface area contributed by atoms with Crippen molar-refractivity contribution < 1.29 is 19.1 Å². The Kier molecular flexibility index (Phi) is 4.97. The second-order valence-electron chi connectivity index (χ2n) is 4.10. The summed E-state index contributed by atoms with van der Waals surface area (Å²) in [5.41, 5.74) is 0.785. The number of carbonyl (C=O) groups excluding carboxylic acids is 1. The molecule has 1 unspecified atom stereocenters. The van der Waals surface area contributed by atoms with Gasteiger partial charge in [0.05, 0.1) is 6.04 Å². The minimum atomic E-state index is -0.946. The Balaban J connectivity index is 2.82. The van der Waals surface area contributed by atoms with E-state index in [1.165, 1.54) is 18.2 Å². The summed E-state index contributed by atoms with van der Waals surface area (Å²) >= 11 is 0. The number of ketones is 1. The summed E-state index contributed by atoms with van der Waals surface area (Å²) in [6.07, 6.45) is 0.124. The average Bonchev–Trinajstić information content (AvgIpc) is 2.32. The van der Waals surface area contributed by atoms with Gasteiger partial charge in [-0.25, -0.2) is 4.39 Å². The minimum absolute atomic E-state index is 0.0859. The highest BCUT2D eigenvalue weighted by Gasteiger charge is 2.19. The zero-order chi connectivity index (χ0) is 13.7. The standard InChI is InChI=1S/C13H16FNO3/c1-8-7-9(3-4-10(8)14)13(18)11(15-2)5-6-12(16)17/h3-4,7,11,15H,5-6H2,1-2H3,(H,16,17). The summed E-state index contributed by atoms with van der Waals surface area (Å²) in [6, 6.07) is 3.57. The molecule has 98 valence electrons. The third-order valence-electron chi connectivity index (χ3n) is 2.75. The van der Waals surface area contributed by atoms with Crippen LogP contribution >= 0.6 is 0 Å². The zero-order valence-electron chi connectivity index (χ0n) is 10.4. The SMILES string of the molecule is CNC(CCC(=O)O)C(=O)c1ccc(F)c(C)c1. The van der Waals surface area contributed by atoms with Gasteiger partial charge in [-0.15, -0.1) is 0 Å². The van der Waals surface area contributed by atoms with Crippen LogP contribution in [0.25, 0.3) is 0 Å². The van der Waals surface area contributed by atoms with Crippen LogP contribution in [-0.4, -0.2) is 29.9 Å². The van der Waals surface area contributed by atoms with E-state index in [-0.39, 0.29) is 24.4 Å². The number of hydrogen-bond donors (Lipinski definition) is 2. The van der Waals surface area contributed by atoms with Gasteiger partial charge in [0.25, 0.3) is 0 Å². The maximum absolute atomic E-state index is 13.1. The molecule has 0 aliphatic carbocycles. The number of carbonyl (C=O) groups is 2. The quantitative estimate of drug-likeness (QED) is 0.758. The van der Waals surface area contributed by atoms with Crippen molar-refractivity contribution in [1.82, 2.24) is 5.32 Å². The van der Waals surface area contributed by atoms with Crippen LogP contribution in [0.4, 0.5) is 4.39 Å². The van der Waals surface area contributed by atoms with Crippen LogP contribution in [0.5, 0.6) is 0 Å². The van der Waals surface area contributed by atoms with Gasteiger partial charge in [0.2, 0.25) is 0 Å². The Morgan fingerprint density at radius 3 is 2.61 bits per heavy atom. The van der Waals surface area contributed by atoms with E-state index in [0.717, 1.165) is 0 Å². The zero-order valence-corrected chi connectivity index (χ0v) is 10.4. The van der Waals surface area contributed by atoms with E-state index in [0.29, 0.717) is 11.1 Å². The highest BCUT2D eigenvalue weighted by atomic mass is 19.1.